The molecule has 0 radical (unpaired) electrons. The highest BCUT2D eigenvalue weighted by Crippen LogP contribution is 2.23. The van der Waals surface area contributed by atoms with Gasteiger partial charge in [-0.1, -0.05) is 23.7 Å². The van der Waals surface area contributed by atoms with Crippen LogP contribution in [-0.2, 0) is 0 Å². The molecule has 0 spiro atoms. The minimum atomic E-state index is -0.0874. The first kappa shape index (κ1) is 17.4. The quantitative estimate of drug-likeness (QED) is 0.900. The first-order valence-corrected chi connectivity index (χ1v) is 8.65. The lowest BCUT2D eigenvalue weighted by Crippen LogP contribution is -2.50. The van der Waals surface area contributed by atoms with Crippen LogP contribution >= 0.6 is 11.6 Å². The molecular weight excluding hydrogens is 338 g/mol. The molecule has 2 aromatic carbocycles. The molecule has 0 unspecified atom stereocenters. The highest BCUT2D eigenvalue weighted by atomic mass is 35.5. The van der Waals surface area contributed by atoms with Crippen molar-refractivity contribution in [1.29, 1.82) is 0 Å². The van der Waals surface area contributed by atoms with E-state index in [1.165, 1.54) is 0 Å². The lowest BCUT2D eigenvalue weighted by Gasteiger charge is -2.36. The fourth-order valence-corrected chi connectivity index (χ4v) is 3.07. The molecule has 0 aliphatic carbocycles. The van der Waals surface area contributed by atoms with Gasteiger partial charge in [0.05, 0.1) is 7.11 Å². The monoisotopic (exact) mass is 359 g/mol. The highest BCUT2D eigenvalue weighted by molar-refractivity contribution is 6.31. The van der Waals surface area contributed by atoms with Gasteiger partial charge in [0.15, 0.2) is 0 Å². The first-order valence-electron chi connectivity index (χ1n) is 8.28. The van der Waals surface area contributed by atoms with E-state index in [-0.39, 0.29) is 6.03 Å². The molecule has 1 heterocycles. The third-order valence-electron chi connectivity index (χ3n) is 4.43. The third-order valence-corrected chi connectivity index (χ3v) is 4.66. The molecule has 3 rings (SSSR count). The molecule has 2 aromatic rings. The van der Waals surface area contributed by atoms with Gasteiger partial charge in [0, 0.05) is 48.6 Å². The maximum Gasteiger partial charge on any atom is 0.321 e. The van der Waals surface area contributed by atoms with Crippen LogP contribution in [0, 0.1) is 6.92 Å². The van der Waals surface area contributed by atoms with E-state index < -0.39 is 0 Å². The number of methoxy groups -OCH3 is 1. The zero-order valence-corrected chi connectivity index (χ0v) is 15.2. The largest absolute Gasteiger partial charge is 0.497 e. The number of benzene rings is 2. The molecular formula is C19H22ClN3O2. The summed E-state index contributed by atoms with van der Waals surface area (Å²) in [6, 6.07) is 13.4. The molecule has 5 nitrogen and oxygen atoms in total. The van der Waals surface area contributed by atoms with Gasteiger partial charge < -0.3 is 19.9 Å². The number of piperazine rings is 1. The molecule has 0 saturated carbocycles. The van der Waals surface area contributed by atoms with Crippen LogP contribution in [-0.4, -0.2) is 44.2 Å². The number of urea groups is 1. The number of aryl methyl sites for hydroxylation is 1. The standard InChI is InChI=1S/C19H22ClN3O2/c1-14-6-7-15(20)12-18(14)21-19(24)23-10-8-22(9-11-23)16-4-3-5-17(13-16)25-2/h3-7,12-13H,8-11H2,1-2H3,(H,21,24). The molecule has 1 N–H and O–H groups in total. The fourth-order valence-electron chi connectivity index (χ4n) is 2.90. The third kappa shape index (κ3) is 4.17. The Morgan fingerprint density at radius 3 is 2.60 bits per heavy atom. The van der Waals surface area contributed by atoms with Gasteiger partial charge in [0.1, 0.15) is 5.75 Å². The molecule has 0 aromatic heterocycles. The van der Waals surface area contributed by atoms with Gasteiger partial charge in [-0.05, 0) is 36.8 Å². The van der Waals surface area contributed by atoms with Gasteiger partial charge in [0.25, 0.3) is 0 Å². The summed E-state index contributed by atoms with van der Waals surface area (Å²) in [4.78, 5) is 16.6. The van der Waals surface area contributed by atoms with Crippen molar-refractivity contribution in [2.24, 2.45) is 0 Å². The van der Waals surface area contributed by atoms with Crippen LogP contribution in [0.4, 0.5) is 16.2 Å². The van der Waals surface area contributed by atoms with Crippen molar-refractivity contribution < 1.29 is 9.53 Å². The van der Waals surface area contributed by atoms with Gasteiger partial charge in [-0.25, -0.2) is 4.79 Å². The van der Waals surface area contributed by atoms with E-state index in [1.54, 1.807) is 13.2 Å². The zero-order chi connectivity index (χ0) is 17.8. The van der Waals surface area contributed by atoms with E-state index >= 15 is 0 Å². The van der Waals surface area contributed by atoms with Gasteiger partial charge in [0.2, 0.25) is 0 Å². The smallest absolute Gasteiger partial charge is 0.321 e. The molecule has 1 aliphatic rings. The van der Waals surface area contributed by atoms with Crippen molar-refractivity contribution in [2.45, 2.75) is 6.92 Å². The number of rotatable bonds is 3. The van der Waals surface area contributed by atoms with E-state index in [0.29, 0.717) is 18.1 Å². The Morgan fingerprint density at radius 2 is 1.88 bits per heavy atom. The van der Waals surface area contributed by atoms with E-state index in [9.17, 15) is 4.79 Å². The number of carbonyl (C=O) groups excluding carboxylic acids is 1. The van der Waals surface area contributed by atoms with Crippen LogP contribution in [0.25, 0.3) is 0 Å². The summed E-state index contributed by atoms with van der Waals surface area (Å²) in [5, 5.41) is 3.57. The summed E-state index contributed by atoms with van der Waals surface area (Å²) in [6.07, 6.45) is 0. The Labute approximate surface area is 153 Å². The number of nitrogens with one attached hydrogen (secondary N) is 1. The first-order chi connectivity index (χ1) is 12.1. The molecule has 0 bridgehead atoms. The maximum atomic E-state index is 12.5. The Bertz CT molecular complexity index is 758. The SMILES string of the molecule is COc1cccc(N2CCN(C(=O)Nc3cc(Cl)ccc3C)CC2)c1. The van der Waals surface area contributed by atoms with E-state index in [1.807, 2.05) is 42.2 Å². The lowest BCUT2D eigenvalue weighted by atomic mass is 10.2. The predicted molar refractivity (Wildman–Crippen MR) is 102 cm³/mol. The number of anilines is 2. The number of ether oxygens (including phenoxy) is 1. The van der Waals surface area contributed by atoms with Crippen LogP contribution < -0.4 is 15.0 Å². The lowest BCUT2D eigenvalue weighted by molar-refractivity contribution is 0.208. The Morgan fingerprint density at radius 1 is 1.12 bits per heavy atom. The average molecular weight is 360 g/mol. The van der Waals surface area contributed by atoms with Crippen molar-refractivity contribution in [3.8, 4) is 5.75 Å². The minimum Gasteiger partial charge on any atom is -0.497 e. The molecule has 132 valence electrons. The molecule has 1 aliphatic heterocycles. The Kier molecular flexibility index (Phi) is 5.34. The second-order valence-corrected chi connectivity index (χ2v) is 6.50. The van der Waals surface area contributed by atoms with Gasteiger partial charge in [-0.2, -0.15) is 0 Å². The maximum absolute atomic E-state index is 12.5. The summed E-state index contributed by atoms with van der Waals surface area (Å²) < 4.78 is 5.28. The molecule has 6 heteroatoms. The van der Waals surface area contributed by atoms with Gasteiger partial charge in [-0.15, -0.1) is 0 Å². The van der Waals surface area contributed by atoms with Crippen molar-refractivity contribution in [3.05, 3.63) is 53.1 Å². The van der Waals surface area contributed by atoms with Crippen LogP contribution in [0.2, 0.25) is 5.02 Å². The molecule has 2 amide bonds. The van der Waals surface area contributed by atoms with Crippen molar-refractivity contribution >= 4 is 29.0 Å². The Balaban J connectivity index is 1.60. The normalized spacial score (nSPS) is 14.4. The summed E-state index contributed by atoms with van der Waals surface area (Å²) in [7, 11) is 1.67. The van der Waals surface area contributed by atoms with Crippen LogP contribution in [0.15, 0.2) is 42.5 Å². The number of carbonyl (C=O) groups is 1. The van der Waals surface area contributed by atoms with Crippen molar-refractivity contribution in [1.82, 2.24) is 4.90 Å². The van der Waals surface area contributed by atoms with Gasteiger partial charge in [-0.3, -0.25) is 0 Å². The summed E-state index contributed by atoms with van der Waals surface area (Å²) in [5.41, 5.74) is 2.87. The molecule has 1 saturated heterocycles. The number of amides is 2. The highest BCUT2D eigenvalue weighted by Gasteiger charge is 2.22. The molecule has 0 atom stereocenters. The van der Waals surface area contributed by atoms with Crippen LogP contribution in [0.5, 0.6) is 5.75 Å². The molecule has 25 heavy (non-hydrogen) atoms. The summed E-state index contributed by atoms with van der Waals surface area (Å²) >= 11 is 6.02. The van der Waals surface area contributed by atoms with E-state index in [2.05, 4.69) is 16.3 Å². The van der Waals surface area contributed by atoms with Crippen LogP contribution in [0.1, 0.15) is 5.56 Å². The Hall–Kier alpha value is -2.40. The average Bonchev–Trinajstić information content (AvgIpc) is 2.65. The van der Waals surface area contributed by atoms with Crippen LogP contribution in [0.3, 0.4) is 0 Å². The summed E-state index contributed by atoms with van der Waals surface area (Å²) in [6.45, 7) is 4.86. The zero-order valence-electron chi connectivity index (χ0n) is 14.5. The van der Waals surface area contributed by atoms with Gasteiger partial charge >= 0.3 is 6.03 Å². The number of hydrogen-bond donors (Lipinski definition) is 1. The number of halogens is 1. The second-order valence-electron chi connectivity index (χ2n) is 6.06. The fraction of sp³-hybridized carbons (Fsp3) is 0.316. The number of hydrogen-bond acceptors (Lipinski definition) is 3. The van der Waals surface area contributed by atoms with E-state index in [0.717, 1.165) is 35.8 Å². The molecule has 1 fully saturated rings. The van der Waals surface area contributed by atoms with Crippen molar-refractivity contribution in [3.63, 3.8) is 0 Å². The topological polar surface area (TPSA) is 44.8 Å². The minimum absolute atomic E-state index is 0.0874. The number of nitrogens with zero attached hydrogens (tertiary/aromatic N) is 2. The predicted octanol–water partition coefficient (Wildman–Crippen LogP) is 4.01. The second kappa shape index (κ2) is 7.66. The summed E-state index contributed by atoms with van der Waals surface area (Å²) in [5.74, 6) is 0.842. The van der Waals surface area contributed by atoms with Crippen molar-refractivity contribution in [2.75, 3.05) is 43.5 Å². The van der Waals surface area contributed by atoms with E-state index in [4.69, 9.17) is 16.3 Å².